The number of carbonyl (C=O) groups is 2. The SMILES string of the molecule is COc1cc([C@@H]2/C(=C(\O)c3ccc4c(c3)C[C@H](C)O4)C(=O)C(=O)N2c2nc3c(C)cc(C)cc3s2)ccc1OCCC(C)C. The smallest absolute Gasteiger partial charge is 0.301 e. The summed E-state index contributed by atoms with van der Waals surface area (Å²) >= 11 is 1.35. The van der Waals surface area contributed by atoms with Gasteiger partial charge in [0.15, 0.2) is 16.6 Å². The molecule has 44 heavy (non-hydrogen) atoms. The van der Waals surface area contributed by atoms with E-state index >= 15 is 0 Å². The van der Waals surface area contributed by atoms with Crippen LogP contribution in [0.1, 0.15) is 61.1 Å². The molecule has 3 aromatic carbocycles. The number of amides is 1. The quantitative estimate of drug-likeness (QED) is 0.127. The summed E-state index contributed by atoms with van der Waals surface area (Å²) in [5.41, 5.74) is 4.80. The Kier molecular flexibility index (Phi) is 7.84. The van der Waals surface area contributed by atoms with E-state index < -0.39 is 17.7 Å². The van der Waals surface area contributed by atoms with Gasteiger partial charge in [0.05, 0.1) is 35.5 Å². The topological polar surface area (TPSA) is 98.2 Å². The number of hydrogen-bond acceptors (Lipinski definition) is 8. The van der Waals surface area contributed by atoms with Gasteiger partial charge in [0.1, 0.15) is 17.6 Å². The van der Waals surface area contributed by atoms with Crippen LogP contribution in [-0.4, -0.2) is 41.6 Å². The Bertz CT molecular complexity index is 1820. The molecule has 9 heteroatoms. The van der Waals surface area contributed by atoms with Gasteiger partial charge in [-0.15, -0.1) is 0 Å². The van der Waals surface area contributed by atoms with Crippen molar-refractivity contribution in [3.8, 4) is 17.2 Å². The molecule has 4 aromatic rings. The largest absolute Gasteiger partial charge is 0.507 e. The number of anilines is 1. The first-order chi connectivity index (χ1) is 21.0. The summed E-state index contributed by atoms with van der Waals surface area (Å²) in [6.45, 7) is 10.8. The van der Waals surface area contributed by atoms with Gasteiger partial charge in [0.2, 0.25) is 0 Å². The van der Waals surface area contributed by atoms with Crippen LogP contribution in [0.3, 0.4) is 0 Å². The van der Waals surface area contributed by atoms with Crippen LogP contribution in [0.15, 0.2) is 54.1 Å². The number of aliphatic hydroxyl groups excluding tert-OH is 1. The molecule has 1 amide bonds. The molecule has 2 aliphatic heterocycles. The maximum Gasteiger partial charge on any atom is 0.301 e. The number of Topliss-reactive ketones (excluding diaryl/α,β-unsaturated/α-hetero) is 1. The van der Waals surface area contributed by atoms with E-state index in [-0.39, 0.29) is 17.4 Å². The molecule has 2 atom stereocenters. The van der Waals surface area contributed by atoms with Gasteiger partial charge in [-0.25, -0.2) is 4.98 Å². The highest BCUT2D eigenvalue weighted by molar-refractivity contribution is 7.22. The molecule has 1 N–H and O–H groups in total. The summed E-state index contributed by atoms with van der Waals surface area (Å²) < 4.78 is 18.5. The summed E-state index contributed by atoms with van der Waals surface area (Å²) in [7, 11) is 1.55. The zero-order valence-corrected chi connectivity index (χ0v) is 26.6. The van der Waals surface area contributed by atoms with Crippen LogP contribution >= 0.6 is 11.3 Å². The predicted molar refractivity (Wildman–Crippen MR) is 172 cm³/mol. The van der Waals surface area contributed by atoms with Crippen molar-refractivity contribution in [3.63, 3.8) is 0 Å². The number of rotatable bonds is 8. The molecule has 3 heterocycles. The summed E-state index contributed by atoms with van der Waals surface area (Å²) in [6, 6.07) is 13.8. The Morgan fingerprint density at radius 3 is 2.66 bits per heavy atom. The van der Waals surface area contributed by atoms with E-state index in [0.29, 0.717) is 46.7 Å². The molecule has 0 aliphatic carbocycles. The molecular weight excluding hydrogens is 576 g/mol. The molecule has 2 aliphatic rings. The average Bonchev–Trinajstić information content (AvgIpc) is 3.65. The number of aryl methyl sites for hydroxylation is 2. The van der Waals surface area contributed by atoms with Crippen LogP contribution in [0.4, 0.5) is 5.13 Å². The van der Waals surface area contributed by atoms with E-state index in [1.165, 1.54) is 16.2 Å². The van der Waals surface area contributed by atoms with Crippen molar-refractivity contribution in [2.45, 2.75) is 59.6 Å². The van der Waals surface area contributed by atoms with E-state index in [4.69, 9.17) is 19.2 Å². The van der Waals surface area contributed by atoms with Gasteiger partial charge in [0, 0.05) is 12.0 Å². The lowest BCUT2D eigenvalue weighted by Crippen LogP contribution is -2.29. The number of benzene rings is 3. The third kappa shape index (κ3) is 5.30. The number of ketones is 1. The molecule has 0 bridgehead atoms. The number of methoxy groups -OCH3 is 1. The molecular formula is C35H36N2O6S. The first kappa shape index (κ1) is 29.7. The van der Waals surface area contributed by atoms with Crippen molar-refractivity contribution in [1.29, 1.82) is 0 Å². The summed E-state index contributed by atoms with van der Waals surface area (Å²) in [5, 5.41) is 12.1. The summed E-state index contributed by atoms with van der Waals surface area (Å²) in [5.74, 6) is 0.492. The predicted octanol–water partition coefficient (Wildman–Crippen LogP) is 7.30. The number of ether oxygens (including phenoxy) is 3. The van der Waals surface area contributed by atoms with E-state index in [0.717, 1.165) is 39.1 Å². The van der Waals surface area contributed by atoms with Crippen LogP contribution in [0.25, 0.3) is 16.0 Å². The van der Waals surface area contributed by atoms with Gasteiger partial charge in [0.25, 0.3) is 5.78 Å². The zero-order chi connectivity index (χ0) is 31.3. The van der Waals surface area contributed by atoms with E-state index in [2.05, 4.69) is 13.8 Å². The lowest BCUT2D eigenvalue weighted by Gasteiger charge is -2.24. The lowest BCUT2D eigenvalue weighted by molar-refractivity contribution is -0.132. The summed E-state index contributed by atoms with van der Waals surface area (Å²) in [4.78, 5) is 33.9. The Labute approximate surface area is 260 Å². The minimum atomic E-state index is -0.945. The van der Waals surface area contributed by atoms with Crippen LogP contribution < -0.4 is 19.1 Å². The van der Waals surface area contributed by atoms with Crippen molar-refractivity contribution in [3.05, 3.63) is 81.9 Å². The Morgan fingerprint density at radius 2 is 1.91 bits per heavy atom. The molecule has 1 aromatic heterocycles. The minimum absolute atomic E-state index is 0.00963. The van der Waals surface area contributed by atoms with Crippen LogP contribution in [0.2, 0.25) is 0 Å². The average molecular weight is 613 g/mol. The van der Waals surface area contributed by atoms with E-state index in [1.54, 1.807) is 31.4 Å². The molecule has 6 rings (SSSR count). The standard InChI is InChI=1S/C35H36N2O6S/c1-18(2)11-12-42-26-10-7-22(17-27(26)41-6)31-29(32(38)23-8-9-25-24(16-23)15-21(5)43-25)33(39)34(40)37(31)35-36-30-20(4)13-19(3)14-28(30)44-35/h7-10,13-14,16-18,21,31,38H,11-12,15H2,1-6H3/b32-29+/t21-,31+/m0/s1. The van der Waals surface area contributed by atoms with Crippen molar-refractivity contribution in [2.75, 3.05) is 18.6 Å². The van der Waals surface area contributed by atoms with Crippen LogP contribution in [0, 0.1) is 19.8 Å². The minimum Gasteiger partial charge on any atom is -0.507 e. The number of aliphatic hydroxyl groups is 1. The highest BCUT2D eigenvalue weighted by atomic mass is 32.1. The fraction of sp³-hybridized carbons (Fsp3) is 0.343. The molecule has 228 valence electrons. The molecule has 0 unspecified atom stereocenters. The highest BCUT2D eigenvalue weighted by Crippen LogP contribution is 2.46. The Morgan fingerprint density at radius 1 is 1.11 bits per heavy atom. The first-order valence-electron chi connectivity index (χ1n) is 14.8. The number of hydrogen-bond donors (Lipinski definition) is 1. The van der Waals surface area contributed by atoms with Crippen molar-refractivity contribution >= 4 is 44.1 Å². The van der Waals surface area contributed by atoms with Gasteiger partial charge in [-0.3, -0.25) is 14.5 Å². The normalized spacial score (nSPS) is 19.1. The third-order valence-corrected chi connectivity index (χ3v) is 9.10. The number of nitrogens with zero attached hydrogens (tertiary/aromatic N) is 2. The van der Waals surface area contributed by atoms with Gasteiger partial charge < -0.3 is 19.3 Å². The lowest BCUT2D eigenvalue weighted by atomic mass is 9.94. The van der Waals surface area contributed by atoms with Crippen molar-refractivity contribution in [2.24, 2.45) is 5.92 Å². The van der Waals surface area contributed by atoms with Crippen molar-refractivity contribution < 1.29 is 28.9 Å². The Balaban J connectivity index is 1.50. The molecule has 0 radical (unpaired) electrons. The zero-order valence-electron chi connectivity index (χ0n) is 25.8. The molecule has 8 nitrogen and oxygen atoms in total. The van der Waals surface area contributed by atoms with Crippen LogP contribution in [-0.2, 0) is 16.0 Å². The molecule has 1 saturated heterocycles. The first-order valence-corrected chi connectivity index (χ1v) is 15.7. The van der Waals surface area contributed by atoms with Crippen molar-refractivity contribution in [1.82, 2.24) is 4.98 Å². The second-order valence-corrected chi connectivity index (χ2v) is 13.0. The fourth-order valence-electron chi connectivity index (χ4n) is 5.91. The summed E-state index contributed by atoms with van der Waals surface area (Å²) in [6.07, 6.45) is 1.59. The Hall–Kier alpha value is -4.37. The number of fused-ring (bicyclic) bond motifs is 2. The highest BCUT2D eigenvalue weighted by Gasteiger charge is 2.48. The third-order valence-electron chi connectivity index (χ3n) is 8.09. The van der Waals surface area contributed by atoms with Crippen LogP contribution in [0.5, 0.6) is 17.2 Å². The molecule has 0 saturated carbocycles. The maximum absolute atomic E-state index is 13.8. The maximum atomic E-state index is 13.8. The van der Waals surface area contributed by atoms with E-state index in [1.807, 2.05) is 45.0 Å². The van der Waals surface area contributed by atoms with Gasteiger partial charge in [-0.05, 0) is 91.8 Å². The fourth-order valence-corrected chi connectivity index (χ4v) is 7.08. The monoisotopic (exact) mass is 612 g/mol. The van der Waals surface area contributed by atoms with E-state index in [9.17, 15) is 14.7 Å². The number of carbonyl (C=O) groups excluding carboxylic acids is 2. The molecule has 1 fully saturated rings. The van der Waals surface area contributed by atoms with Gasteiger partial charge in [-0.2, -0.15) is 0 Å². The molecule has 0 spiro atoms. The second kappa shape index (κ2) is 11.6. The van der Waals surface area contributed by atoms with Gasteiger partial charge in [-0.1, -0.05) is 37.3 Å². The number of aromatic nitrogens is 1. The number of thiazole rings is 1. The van der Waals surface area contributed by atoms with Gasteiger partial charge >= 0.3 is 5.91 Å². The second-order valence-electron chi connectivity index (χ2n) is 12.0.